The van der Waals surface area contributed by atoms with E-state index in [0.29, 0.717) is 29.5 Å². The van der Waals surface area contributed by atoms with E-state index in [1.165, 1.54) is 0 Å². The lowest BCUT2D eigenvalue weighted by molar-refractivity contribution is 0.311. The van der Waals surface area contributed by atoms with Crippen molar-refractivity contribution in [2.45, 2.75) is 19.3 Å². The van der Waals surface area contributed by atoms with E-state index in [2.05, 4.69) is 48.9 Å². The fraction of sp³-hybridized carbons (Fsp3) is 0.231. The average Bonchev–Trinajstić information content (AvgIpc) is 2.81. The molecule has 0 radical (unpaired) electrons. The zero-order chi connectivity index (χ0) is 22.3. The van der Waals surface area contributed by atoms with E-state index >= 15 is 0 Å². The topological polar surface area (TPSA) is 55.1 Å². The van der Waals surface area contributed by atoms with Gasteiger partial charge in [0.15, 0.2) is 11.5 Å². The Kier molecular flexibility index (Phi) is 7.19. The SMILES string of the molecule is COc1cc(C(C)(C)c2ccc(C#Cc3cccnc3)cc2)cc(C#N)c1OCCCl. The molecule has 0 fully saturated rings. The molecule has 5 heteroatoms. The third-order valence-corrected chi connectivity index (χ3v) is 5.21. The molecule has 0 spiro atoms. The van der Waals surface area contributed by atoms with Crippen LogP contribution in [0.1, 0.15) is 41.7 Å². The lowest BCUT2D eigenvalue weighted by atomic mass is 9.77. The molecule has 0 saturated heterocycles. The first-order valence-electron chi connectivity index (χ1n) is 9.83. The van der Waals surface area contributed by atoms with Gasteiger partial charge in [-0.1, -0.05) is 37.8 Å². The van der Waals surface area contributed by atoms with Crippen LogP contribution in [0.25, 0.3) is 0 Å². The van der Waals surface area contributed by atoms with Crippen molar-refractivity contribution in [3.05, 3.63) is 88.7 Å². The van der Waals surface area contributed by atoms with Crippen molar-refractivity contribution in [2.75, 3.05) is 19.6 Å². The van der Waals surface area contributed by atoms with E-state index < -0.39 is 0 Å². The molecule has 1 aromatic heterocycles. The summed E-state index contributed by atoms with van der Waals surface area (Å²) in [4.78, 5) is 4.08. The van der Waals surface area contributed by atoms with Gasteiger partial charge in [-0.05, 0) is 47.5 Å². The summed E-state index contributed by atoms with van der Waals surface area (Å²) < 4.78 is 11.2. The Labute approximate surface area is 188 Å². The minimum Gasteiger partial charge on any atom is -0.493 e. The summed E-state index contributed by atoms with van der Waals surface area (Å²) in [7, 11) is 1.57. The van der Waals surface area contributed by atoms with E-state index in [4.69, 9.17) is 21.1 Å². The van der Waals surface area contributed by atoms with Gasteiger partial charge >= 0.3 is 0 Å². The number of methoxy groups -OCH3 is 1. The Morgan fingerprint density at radius 2 is 1.77 bits per heavy atom. The van der Waals surface area contributed by atoms with E-state index in [0.717, 1.165) is 22.3 Å². The summed E-state index contributed by atoms with van der Waals surface area (Å²) in [5, 5.41) is 9.65. The number of aromatic nitrogens is 1. The van der Waals surface area contributed by atoms with Gasteiger partial charge in [0.1, 0.15) is 12.7 Å². The Bertz CT molecular complexity index is 1140. The lowest BCUT2D eigenvalue weighted by Crippen LogP contribution is -2.19. The van der Waals surface area contributed by atoms with Gasteiger partial charge in [-0.25, -0.2) is 0 Å². The van der Waals surface area contributed by atoms with Gasteiger partial charge in [-0.3, -0.25) is 4.98 Å². The fourth-order valence-corrected chi connectivity index (χ4v) is 3.28. The minimum absolute atomic E-state index is 0.302. The van der Waals surface area contributed by atoms with Crippen molar-refractivity contribution in [1.82, 2.24) is 4.98 Å². The Morgan fingerprint density at radius 3 is 2.39 bits per heavy atom. The maximum Gasteiger partial charge on any atom is 0.178 e. The van der Waals surface area contributed by atoms with Crippen molar-refractivity contribution in [2.24, 2.45) is 0 Å². The summed E-state index contributed by atoms with van der Waals surface area (Å²) in [5.41, 5.74) is 3.90. The predicted octanol–water partition coefficient (Wildman–Crippen LogP) is 5.31. The highest BCUT2D eigenvalue weighted by Gasteiger charge is 2.26. The Morgan fingerprint density at radius 1 is 1.03 bits per heavy atom. The van der Waals surface area contributed by atoms with Gasteiger partial charge in [0.2, 0.25) is 0 Å². The van der Waals surface area contributed by atoms with Gasteiger partial charge in [-0.2, -0.15) is 5.26 Å². The van der Waals surface area contributed by atoms with Crippen LogP contribution in [0.15, 0.2) is 60.9 Å². The number of nitrogens with zero attached hydrogens (tertiary/aromatic N) is 2. The quantitative estimate of drug-likeness (QED) is 0.393. The highest BCUT2D eigenvalue weighted by Crippen LogP contribution is 2.39. The fourth-order valence-electron chi connectivity index (χ4n) is 3.21. The number of nitriles is 1. The molecule has 0 saturated carbocycles. The van der Waals surface area contributed by atoms with Crippen LogP contribution in [0.2, 0.25) is 0 Å². The molecular weight excluding hydrogens is 408 g/mol. The number of pyridine rings is 1. The highest BCUT2D eigenvalue weighted by atomic mass is 35.5. The van der Waals surface area contributed by atoms with Crippen LogP contribution in [0.3, 0.4) is 0 Å². The molecule has 0 aliphatic carbocycles. The molecule has 0 amide bonds. The molecule has 0 N–H and O–H groups in total. The maximum atomic E-state index is 9.65. The van der Waals surface area contributed by atoms with Crippen molar-refractivity contribution in [1.29, 1.82) is 5.26 Å². The molecule has 0 aliphatic heterocycles. The third kappa shape index (κ3) is 5.18. The number of benzene rings is 2. The van der Waals surface area contributed by atoms with Crippen molar-refractivity contribution in [3.8, 4) is 29.4 Å². The first-order chi connectivity index (χ1) is 15.0. The van der Waals surface area contributed by atoms with Gasteiger partial charge in [0, 0.05) is 28.9 Å². The summed E-state index contributed by atoms with van der Waals surface area (Å²) in [6, 6.07) is 17.9. The molecule has 4 nitrogen and oxygen atoms in total. The van der Waals surface area contributed by atoms with Gasteiger partial charge in [0.25, 0.3) is 0 Å². The molecule has 31 heavy (non-hydrogen) atoms. The predicted molar refractivity (Wildman–Crippen MR) is 123 cm³/mol. The lowest BCUT2D eigenvalue weighted by Gasteiger charge is -2.27. The number of rotatable bonds is 6. The zero-order valence-electron chi connectivity index (χ0n) is 17.8. The minimum atomic E-state index is -0.362. The van der Waals surface area contributed by atoms with Crippen molar-refractivity contribution < 1.29 is 9.47 Å². The van der Waals surface area contributed by atoms with Crippen molar-refractivity contribution >= 4 is 11.6 Å². The molecular formula is C26H23ClN2O2. The zero-order valence-corrected chi connectivity index (χ0v) is 18.5. The molecule has 1 heterocycles. The second kappa shape index (κ2) is 10.0. The largest absolute Gasteiger partial charge is 0.493 e. The van der Waals surface area contributed by atoms with E-state index in [1.54, 1.807) is 19.5 Å². The first kappa shape index (κ1) is 22.2. The number of hydrogen-bond acceptors (Lipinski definition) is 4. The van der Waals surface area contributed by atoms with Crippen LogP contribution in [-0.2, 0) is 5.41 Å². The van der Waals surface area contributed by atoms with Crippen molar-refractivity contribution in [3.63, 3.8) is 0 Å². The second-order valence-corrected chi connectivity index (χ2v) is 7.78. The molecule has 0 atom stereocenters. The number of alkyl halides is 1. The molecule has 3 aromatic rings. The monoisotopic (exact) mass is 430 g/mol. The van der Waals surface area contributed by atoms with Crippen LogP contribution < -0.4 is 9.47 Å². The summed E-state index contributed by atoms with van der Waals surface area (Å²) in [6.07, 6.45) is 3.47. The van der Waals surface area contributed by atoms with Crippen LogP contribution >= 0.6 is 11.6 Å². The normalized spacial score (nSPS) is 10.5. The molecule has 0 unspecified atom stereocenters. The summed E-state index contributed by atoms with van der Waals surface area (Å²) in [5.74, 6) is 7.55. The van der Waals surface area contributed by atoms with Gasteiger partial charge < -0.3 is 9.47 Å². The Balaban J connectivity index is 1.92. The molecule has 0 aliphatic rings. The maximum absolute atomic E-state index is 9.65. The standard InChI is InChI=1S/C26H23ClN2O2/c1-26(2,23-15-21(17-28)25(31-14-12-27)24(16-23)30-3)22-10-8-19(9-11-22)6-7-20-5-4-13-29-18-20/h4-5,8-11,13,15-16,18H,12,14H2,1-3H3. The van der Waals surface area contributed by atoms with E-state index in [9.17, 15) is 5.26 Å². The van der Waals surface area contributed by atoms with Crippen LogP contribution in [0.4, 0.5) is 0 Å². The molecule has 2 aromatic carbocycles. The van der Waals surface area contributed by atoms with E-state index in [-0.39, 0.29) is 5.41 Å². The summed E-state index contributed by atoms with van der Waals surface area (Å²) in [6.45, 7) is 4.52. The molecule has 3 rings (SSSR count). The first-order valence-corrected chi connectivity index (χ1v) is 10.4. The third-order valence-electron chi connectivity index (χ3n) is 5.06. The van der Waals surface area contributed by atoms with Gasteiger partial charge in [-0.15, -0.1) is 11.6 Å². The second-order valence-electron chi connectivity index (χ2n) is 7.40. The smallest absolute Gasteiger partial charge is 0.178 e. The van der Waals surface area contributed by atoms with E-state index in [1.807, 2.05) is 36.4 Å². The molecule has 156 valence electrons. The number of halogens is 1. The summed E-state index contributed by atoms with van der Waals surface area (Å²) >= 11 is 5.73. The van der Waals surface area contributed by atoms with Crippen LogP contribution in [-0.4, -0.2) is 24.6 Å². The average molecular weight is 431 g/mol. The number of hydrogen-bond donors (Lipinski definition) is 0. The Hall–Kier alpha value is -3.47. The number of ether oxygens (including phenoxy) is 2. The highest BCUT2D eigenvalue weighted by molar-refractivity contribution is 6.18. The van der Waals surface area contributed by atoms with Crippen LogP contribution in [0, 0.1) is 23.2 Å². The molecule has 0 bridgehead atoms. The van der Waals surface area contributed by atoms with Crippen LogP contribution in [0.5, 0.6) is 11.5 Å². The van der Waals surface area contributed by atoms with Gasteiger partial charge in [0.05, 0.1) is 18.6 Å².